The van der Waals surface area contributed by atoms with Crippen LogP contribution < -0.4 is 10.2 Å². The molecule has 0 aromatic heterocycles. The highest BCUT2D eigenvalue weighted by Gasteiger charge is 2.17. The highest BCUT2D eigenvalue weighted by Crippen LogP contribution is 2.24. The average molecular weight is 293 g/mol. The van der Waals surface area contributed by atoms with Crippen molar-refractivity contribution in [2.75, 3.05) is 24.3 Å². The standard InChI is InChI=1S/C15H14ClFN2O/c1-18-14-8-3-10(16)9-13(14)15(20)19(2)12-6-4-11(17)5-7-12/h3-9,18H,1-2H3. The Hall–Kier alpha value is -2.07. The smallest absolute Gasteiger partial charge is 0.260 e. The minimum Gasteiger partial charge on any atom is -0.387 e. The number of rotatable bonds is 3. The van der Waals surface area contributed by atoms with Gasteiger partial charge < -0.3 is 10.2 Å². The maximum Gasteiger partial charge on any atom is 0.260 e. The first-order valence-corrected chi connectivity index (χ1v) is 6.41. The summed E-state index contributed by atoms with van der Waals surface area (Å²) in [6, 6.07) is 10.8. The van der Waals surface area contributed by atoms with Gasteiger partial charge in [0.25, 0.3) is 5.91 Å². The molecule has 2 aromatic rings. The van der Waals surface area contributed by atoms with Crippen LogP contribution in [0.3, 0.4) is 0 Å². The summed E-state index contributed by atoms with van der Waals surface area (Å²) in [6.45, 7) is 0. The zero-order valence-corrected chi connectivity index (χ0v) is 11.9. The van der Waals surface area contributed by atoms with Crippen molar-refractivity contribution in [3.63, 3.8) is 0 Å². The van der Waals surface area contributed by atoms with E-state index in [2.05, 4.69) is 5.32 Å². The molecule has 0 atom stereocenters. The van der Waals surface area contributed by atoms with Crippen molar-refractivity contribution in [2.24, 2.45) is 0 Å². The Bertz CT molecular complexity index is 628. The molecule has 1 amide bonds. The summed E-state index contributed by atoms with van der Waals surface area (Å²) >= 11 is 5.94. The van der Waals surface area contributed by atoms with Gasteiger partial charge in [-0.25, -0.2) is 4.39 Å². The fourth-order valence-electron chi connectivity index (χ4n) is 1.87. The molecule has 0 heterocycles. The Balaban J connectivity index is 2.35. The molecule has 104 valence electrons. The lowest BCUT2D eigenvalue weighted by Gasteiger charge is -2.19. The maximum absolute atomic E-state index is 12.9. The average Bonchev–Trinajstić information content (AvgIpc) is 2.46. The van der Waals surface area contributed by atoms with E-state index >= 15 is 0 Å². The van der Waals surface area contributed by atoms with Crippen molar-refractivity contribution < 1.29 is 9.18 Å². The SMILES string of the molecule is CNc1ccc(Cl)cc1C(=O)N(C)c1ccc(F)cc1. The summed E-state index contributed by atoms with van der Waals surface area (Å²) in [7, 11) is 3.37. The van der Waals surface area contributed by atoms with E-state index in [-0.39, 0.29) is 11.7 Å². The summed E-state index contributed by atoms with van der Waals surface area (Å²) in [6.07, 6.45) is 0. The molecule has 1 N–H and O–H groups in total. The van der Waals surface area contributed by atoms with Crippen LogP contribution in [0.2, 0.25) is 5.02 Å². The highest BCUT2D eigenvalue weighted by atomic mass is 35.5. The Labute approximate surface area is 122 Å². The Morgan fingerprint density at radius 1 is 1.20 bits per heavy atom. The zero-order valence-electron chi connectivity index (χ0n) is 11.2. The summed E-state index contributed by atoms with van der Waals surface area (Å²) < 4.78 is 12.9. The van der Waals surface area contributed by atoms with Crippen LogP contribution in [0, 0.1) is 5.82 Å². The summed E-state index contributed by atoms with van der Waals surface area (Å²) in [5.41, 5.74) is 1.76. The molecule has 0 unspecified atom stereocenters. The number of carbonyl (C=O) groups is 1. The maximum atomic E-state index is 12.9. The van der Waals surface area contributed by atoms with Gasteiger partial charge in [0.05, 0.1) is 5.56 Å². The molecule has 0 aliphatic rings. The molecule has 0 bridgehead atoms. The Morgan fingerprint density at radius 2 is 1.85 bits per heavy atom. The van der Waals surface area contributed by atoms with Crippen LogP contribution in [0.5, 0.6) is 0 Å². The number of hydrogen-bond acceptors (Lipinski definition) is 2. The summed E-state index contributed by atoms with van der Waals surface area (Å²) in [4.78, 5) is 13.9. The molecule has 0 saturated carbocycles. The van der Waals surface area contributed by atoms with E-state index in [0.29, 0.717) is 22.0 Å². The largest absolute Gasteiger partial charge is 0.387 e. The van der Waals surface area contributed by atoms with Gasteiger partial charge in [-0.1, -0.05) is 11.6 Å². The summed E-state index contributed by atoms with van der Waals surface area (Å²) in [5, 5.41) is 3.44. The molecule has 2 aromatic carbocycles. The van der Waals surface area contributed by atoms with Gasteiger partial charge in [-0.05, 0) is 42.5 Å². The third-order valence-electron chi connectivity index (χ3n) is 3.00. The minimum absolute atomic E-state index is 0.219. The van der Waals surface area contributed by atoms with Gasteiger partial charge in [0.15, 0.2) is 0 Å². The number of benzene rings is 2. The predicted octanol–water partition coefficient (Wildman–Crippen LogP) is 3.80. The van der Waals surface area contributed by atoms with Crippen LogP contribution in [0.4, 0.5) is 15.8 Å². The third kappa shape index (κ3) is 2.91. The Morgan fingerprint density at radius 3 is 2.45 bits per heavy atom. The second-order valence-electron chi connectivity index (χ2n) is 4.28. The van der Waals surface area contributed by atoms with Gasteiger partial charge in [0.2, 0.25) is 0 Å². The van der Waals surface area contributed by atoms with Crippen LogP contribution in [-0.4, -0.2) is 20.0 Å². The lowest BCUT2D eigenvalue weighted by molar-refractivity contribution is 0.0993. The molecule has 20 heavy (non-hydrogen) atoms. The third-order valence-corrected chi connectivity index (χ3v) is 3.24. The quantitative estimate of drug-likeness (QED) is 0.933. The zero-order chi connectivity index (χ0) is 14.7. The van der Waals surface area contributed by atoms with E-state index < -0.39 is 0 Å². The normalized spacial score (nSPS) is 10.2. The number of carbonyl (C=O) groups excluding carboxylic acids is 1. The van der Waals surface area contributed by atoms with Gasteiger partial charge in [-0.3, -0.25) is 4.79 Å². The molecule has 0 spiro atoms. The van der Waals surface area contributed by atoms with Crippen LogP contribution in [0.1, 0.15) is 10.4 Å². The van der Waals surface area contributed by atoms with Crippen LogP contribution in [0.25, 0.3) is 0 Å². The van der Waals surface area contributed by atoms with E-state index in [9.17, 15) is 9.18 Å². The van der Waals surface area contributed by atoms with Gasteiger partial charge in [-0.15, -0.1) is 0 Å². The van der Waals surface area contributed by atoms with Crippen molar-refractivity contribution >= 4 is 28.9 Å². The topological polar surface area (TPSA) is 32.3 Å². The van der Waals surface area contributed by atoms with E-state index in [1.54, 1.807) is 44.4 Å². The lowest BCUT2D eigenvalue weighted by atomic mass is 10.1. The van der Waals surface area contributed by atoms with Crippen molar-refractivity contribution in [3.8, 4) is 0 Å². The van der Waals surface area contributed by atoms with Gasteiger partial charge in [0.1, 0.15) is 5.82 Å². The molecule has 0 saturated heterocycles. The van der Waals surface area contributed by atoms with Crippen molar-refractivity contribution in [3.05, 3.63) is 58.9 Å². The number of halogens is 2. The van der Waals surface area contributed by atoms with Crippen LogP contribution in [0.15, 0.2) is 42.5 Å². The minimum atomic E-state index is -0.340. The predicted molar refractivity (Wildman–Crippen MR) is 80.1 cm³/mol. The number of amides is 1. The highest BCUT2D eigenvalue weighted by molar-refractivity contribution is 6.31. The number of anilines is 2. The van der Waals surface area contributed by atoms with E-state index in [1.165, 1.54) is 17.0 Å². The molecule has 3 nitrogen and oxygen atoms in total. The fourth-order valence-corrected chi connectivity index (χ4v) is 2.05. The lowest BCUT2D eigenvalue weighted by Crippen LogP contribution is -2.27. The first-order valence-electron chi connectivity index (χ1n) is 6.04. The van der Waals surface area contributed by atoms with E-state index in [4.69, 9.17) is 11.6 Å². The van der Waals surface area contributed by atoms with Crippen molar-refractivity contribution in [1.29, 1.82) is 0 Å². The van der Waals surface area contributed by atoms with Crippen molar-refractivity contribution in [2.45, 2.75) is 0 Å². The van der Waals surface area contributed by atoms with Crippen molar-refractivity contribution in [1.82, 2.24) is 0 Å². The van der Waals surface area contributed by atoms with E-state index in [1.807, 2.05) is 0 Å². The molecule has 0 radical (unpaired) electrons. The molecule has 0 fully saturated rings. The van der Waals surface area contributed by atoms with Gasteiger partial charge in [0, 0.05) is 30.5 Å². The monoisotopic (exact) mass is 292 g/mol. The number of nitrogens with zero attached hydrogens (tertiary/aromatic N) is 1. The first-order chi connectivity index (χ1) is 9.52. The Kier molecular flexibility index (Phi) is 4.25. The molecule has 2 rings (SSSR count). The second kappa shape index (κ2) is 5.92. The van der Waals surface area contributed by atoms with Gasteiger partial charge >= 0.3 is 0 Å². The molecule has 5 heteroatoms. The fraction of sp³-hybridized carbons (Fsp3) is 0.133. The van der Waals surface area contributed by atoms with Gasteiger partial charge in [-0.2, -0.15) is 0 Å². The molecule has 0 aliphatic carbocycles. The first kappa shape index (κ1) is 14.3. The molecule has 0 aliphatic heterocycles. The number of nitrogens with one attached hydrogen (secondary N) is 1. The molecular weight excluding hydrogens is 279 g/mol. The second-order valence-corrected chi connectivity index (χ2v) is 4.72. The summed E-state index contributed by atoms with van der Waals surface area (Å²) in [5.74, 6) is -0.559. The van der Waals surface area contributed by atoms with Crippen LogP contribution in [-0.2, 0) is 0 Å². The molecular formula is C15H14ClFN2O. The van der Waals surface area contributed by atoms with E-state index in [0.717, 1.165) is 0 Å². The van der Waals surface area contributed by atoms with Crippen LogP contribution >= 0.6 is 11.6 Å². The number of hydrogen-bond donors (Lipinski definition) is 1.